The Bertz CT molecular complexity index is 651. The molecule has 1 N–H and O–H groups in total. The highest BCUT2D eigenvalue weighted by Crippen LogP contribution is 2.33. The Kier molecular flexibility index (Phi) is 3.22. The van der Waals surface area contributed by atoms with Gasteiger partial charge in [0.2, 0.25) is 0 Å². The van der Waals surface area contributed by atoms with Gasteiger partial charge in [0.1, 0.15) is 23.8 Å². The van der Waals surface area contributed by atoms with Crippen molar-refractivity contribution >= 4 is 0 Å². The second-order valence-corrected chi connectivity index (χ2v) is 5.40. The van der Waals surface area contributed by atoms with Gasteiger partial charge in [-0.1, -0.05) is 12.1 Å². The third kappa shape index (κ3) is 2.29. The Morgan fingerprint density at radius 2 is 2.05 bits per heavy atom. The van der Waals surface area contributed by atoms with Gasteiger partial charge in [0.15, 0.2) is 0 Å². The summed E-state index contributed by atoms with van der Waals surface area (Å²) in [5, 5.41) is 10.5. The molecule has 0 saturated heterocycles. The summed E-state index contributed by atoms with van der Waals surface area (Å²) in [7, 11) is 0. The van der Waals surface area contributed by atoms with Crippen LogP contribution in [0.15, 0.2) is 36.4 Å². The molecule has 0 spiro atoms. The van der Waals surface area contributed by atoms with Crippen LogP contribution in [0, 0.1) is 12.7 Å². The van der Waals surface area contributed by atoms with Gasteiger partial charge < -0.3 is 9.84 Å². The Balaban J connectivity index is 1.97. The van der Waals surface area contributed by atoms with Crippen LogP contribution in [0.3, 0.4) is 0 Å². The van der Waals surface area contributed by atoms with E-state index in [4.69, 9.17) is 4.74 Å². The first-order chi connectivity index (χ1) is 9.54. The number of rotatable bonds is 2. The van der Waals surface area contributed by atoms with Gasteiger partial charge in [-0.05, 0) is 60.4 Å². The molecule has 2 atom stereocenters. The quantitative estimate of drug-likeness (QED) is 0.906. The van der Waals surface area contributed by atoms with Crippen LogP contribution in [-0.4, -0.2) is 11.2 Å². The fourth-order valence-corrected chi connectivity index (χ4v) is 2.70. The predicted octanol–water partition coefficient (Wildman–Crippen LogP) is 3.54. The Hall–Kier alpha value is -1.87. The van der Waals surface area contributed by atoms with E-state index < -0.39 is 6.10 Å². The highest BCUT2D eigenvalue weighted by atomic mass is 19.1. The van der Waals surface area contributed by atoms with Gasteiger partial charge in [0.05, 0.1) is 0 Å². The van der Waals surface area contributed by atoms with Gasteiger partial charge in [0.25, 0.3) is 0 Å². The number of hydrogen-bond acceptors (Lipinski definition) is 2. The minimum atomic E-state index is -0.813. The first kappa shape index (κ1) is 13.1. The van der Waals surface area contributed by atoms with E-state index in [1.807, 2.05) is 32.0 Å². The summed E-state index contributed by atoms with van der Waals surface area (Å²) in [6.07, 6.45) is 0.207. The lowest BCUT2D eigenvalue weighted by molar-refractivity contribution is 0.219. The van der Waals surface area contributed by atoms with E-state index in [9.17, 15) is 9.50 Å². The predicted molar refractivity (Wildman–Crippen MR) is 75.4 cm³/mol. The molecule has 2 nitrogen and oxygen atoms in total. The molecule has 1 aliphatic heterocycles. The highest BCUT2D eigenvalue weighted by Gasteiger charge is 2.21. The van der Waals surface area contributed by atoms with Crippen LogP contribution in [0.2, 0.25) is 0 Å². The zero-order valence-electron chi connectivity index (χ0n) is 11.6. The first-order valence-corrected chi connectivity index (χ1v) is 6.78. The molecule has 1 heterocycles. The van der Waals surface area contributed by atoms with Crippen LogP contribution in [0.25, 0.3) is 0 Å². The van der Waals surface area contributed by atoms with E-state index >= 15 is 0 Å². The lowest BCUT2D eigenvalue weighted by Gasteiger charge is -2.15. The van der Waals surface area contributed by atoms with Crippen molar-refractivity contribution in [1.82, 2.24) is 0 Å². The molecule has 20 heavy (non-hydrogen) atoms. The van der Waals surface area contributed by atoms with E-state index in [1.165, 1.54) is 12.1 Å². The number of benzene rings is 2. The highest BCUT2D eigenvalue weighted by molar-refractivity contribution is 5.44. The van der Waals surface area contributed by atoms with Crippen molar-refractivity contribution in [1.29, 1.82) is 0 Å². The number of aliphatic hydroxyl groups is 1. The number of fused-ring (bicyclic) bond motifs is 1. The van der Waals surface area contributed by atoms with Crippen molar-refractivity contribution in [2.45, 2.75) is 32.5 Å². The molecule has 1 aliphatic rings. The summed E-state index contributed by atoms with van der Waals surface area (Å²) in [5.41, 5.74) is 3.36. The third-order valence-corrected chi connectivity index (χ3v) is 3.77. The van der Waals surface area contributed by atoms with Crippen molar-refractivity contribution in [3.8, 4) is 5.75 Å². The molecule has 0 aromatic heterocycles. The van der Waals surface area contributed by atoms with Crippen molar-refractivity contribution in [2.24, 2.45) is 0 Å². The Morgan fingerprint density at radius 1 is 1.25 bits per heavy atom. The molecule has 0 radical (unpaired) electrons. The van der Waals surface area contributed by atoms with Crippen molar-refractivity contribution < 1.29 is 14.2 Å². The summed E-state index contributed by atoms with van der Waals surface area (Å²) < 4.78 is 19.0. The summed E-state index contributed by atoms with van der Waals surface area (Å²) in [4.78, 5) is 0. The van der Waals surface area contributed by atoms with Crippen LogP contribution in [0.4, 0.5) is 4.39 Å². The smallest absolute Gasteiger partial charge is 0.123 e. The molecule has 0 aliphatic carbocycles. The summed E-state index contributed by atoms with van der Waals surface area (Å²) in [5.74, 6) is 0.548. The molecule has 0 fully saturated rings. The maximum Gasteiger partial charge on any atom is 0.123 e. The first-order valence-electron chi connectivity index (χ1n) is 6.78. The van der Waals surface area contributed by atoms with E-state index in [-0.39, 0.29) is 11.9 Å². The molecule has 2 aromatic rings. The molecule has 2 unspecified atom stereocenters. The van der Waals surface area contributed by atoms with Gasteiger partial charge in [0, 0.05) is 6.42 Å². The van der Waals surface area contributed by atoms with Crippen LogP contribution in [0.5, 0.6) is 5.75 Å². The van der Waals surface area contributed by atoms with Crippen LogP contribution >= 0.6 is 0 Å². The molecule has 3 rings (SSSR count). The zero-order valence-corrected chi connectivity index (χ0v) is 11.6. The topological polar surface area (TPSA) is 29.5 Å². The standard InChI is InChI=1S/C17H17FO2/c1-10-3-5-14(18)9-15(10)17(19)12-4-6-16-13(8-12)7-11(2)20-16/h3-6,8-9,11,17,19H,7H2,1-2H3. The van der Waals surface area contributed by atoms with Crippen molar-refractivity contribution in [2.75, 3.05) is 0 Å². The molecule has 0 amide bonds. The Morgan fingerprint density at radius 3 is 2.85 bits per heavy atom. The van der Waals surface area contributed by atoms with Gasteiger partial charge in [-0.15, -0.1) is 0 Å². The minimum Gasteiger partial charge on any atom is -0.490 e. The fourth-order valence-electron chi connectivity index (χ4n) is 2.70. The average molecular weight is 272 g/mol. The number of ether oxygens (including phenoxy) is 1. The van der Waals surface area contributed by atoms with Crippen molar-refractivity contribution in [3.63, 3.8) is 0 Å². The molecule has 104 valence electrons. The molecule has 2 aromatic carbocycles. The average Bonchev–Trinajstić information content (AvgIpc) is 2.79. The second-order valence-electron chi connectivity index (χ2n) is 5.40. The van der Waals surface area contributed by atoms with Gasteiger partial charge in [-0.25, -0.2) is 4.39 Å². The Labute approximate surface area is 117 Å². The second kappa shape index (κ2) is 4.91. The monoisotopic (exact) mass is 272 g/mol. The summed E-state index contributed by atoms with van der Waals surface area (Å²) in [6, 6.07) is 10.2. The van der Waals surface area contributed by atoms with E-state index in [2.05, 4.69) is 0 Å². The largest absolute Gasteiger partial charge is 0.490 e. The van der Waals surface area contributed by atoms with Gasteiger partial charge >= 0.3 is 0 Å². The third-order valence-electron chi connectivity index (χ3n) is 3.77. The number of hydrogen-bond donors (Lipinski definition) is 1. The van der Waals surface area contributed by atoms with Gasteiger partial charge in [-0.2, -0.15) is 0 Å². The number of aryl methyl sites for hydroxylation is 1. The van der Waals surface area contributed by atoms with Crippen LogP contribution in [-0.2, 0) is 6.42 Å². The molecule has 0 saturated carbocycles. The maximum atomic E-state index is 13.4. The van der Waals surface area contributed by atoms with Crippen LogP contribution in [0.1, 0.15) is 35.3 Å². The molecular formula is C17H17FO2. The zero-order chi connectivity index (χ0) is 14.3. The molecule has 3 heteroatoms. The van der Waals surface area contributed by atoms with Crippen LogP contribution < -0.4 is 4.74 Å². The van der Waals surface area contributed by atoms with E-state index in [0.717, 1.165) is 28.9 Å². The van der Waals surface area contributed by atoms with E-state index in [1.54, 1.807) is 6.07 Å². The van der Waals surface area contributed by atoms with Gasteiger partial charge in [-0.3, -0.25) is 0 Å². The summed E-state index contributed by atoms with van der Waals surface area (Å²) in [6.45, 7) is 3.89. The maximum absolute atomic E-state index is 13.4. The van der Waals surface area contributed by atoms with Crippen molar-refractivity contribution in [3.05, 3.63) is 64.5 Å². The molecular weight excluding hydrogens is 255 g/mol. The summed E-state index contributed by atoms with van der Waals surface area (Å²) >= 11 is 0. The number of halogens is 1. The number of aliphatic hydroxyl groups excluding tert-OH is 1. The lowest BCUT2D eigenvalue weighted by atomic mass is 9.95. The minimum absolute atomic E-state index is 0.174. The normalized spacial score (nSPS) is 18.5. The SMILES string of the molecule is Cc1ccc(F)cc1C(O)c1ccc2c(c1)CC(C)O2. The lowest BCUT2D eigenvalue weighted by Crippen LogP contribution is -2.05. The van der Waals surface area contributed by atoms with E-state index in [0.29, 0.717) is 5.56 Å². The molecule has 0 bridgehead atoms. The fraction of sp³-hybridized carbons (Fsp3) is 0.294.